The Morgan fingerprint density at radius 3 is 2.35 bits per heavy atom. The minimum atomic E-state index is -0.742. The average molecular weight is 424 g/mol. The van der Waals surface area contributed by atoms with Gasteiger partial charge in [0, 0.05) is 17.7 Å². The minimum Gasteiger partial charge on any atom is -0.325 e. The largest absolute Gasteiger partial charge is 0.329 e. The molecule has 31 heavy (non-hydrogen) atoms. The number of hydrogen-bond donors (Lipinski definition) is 2. The number of hydrogen-bond acceptors (Lipinski definition) is 5. The van der Waals surface area contributed by atoms with Crippen LogP contribution in [0.3, 0.4) is 0 Å². The topological polar surface area (TPSA) is 111 Å². The highest BCUT2D eigenvalue weighted by Gasteiger charge is 2.25. The molecule has 1 aromatic carbocycles. The van der Waals surface area contributed by atoms with E-state index in [0.29, 0.717) is 16.8 Å². The van der Waals surface area contributed by atoms with E-state index in [4.69, 9.17) is 5.73 Å². The number of aryl methyl sites for hydroxylation is 2. The Kier molecular flexibility index (Phi) is 6.31. The molecule has 0 amide bonds. The van der Waals surface area contributed by atoms with Crippen molar-refractivity contribution in [3.05, 3.63) is 96.3 Å². The lowest BCUT2D eigenvalue weighted by molar-refractivity contribution is 0.102. The fourth-order valence-corrected chi connectivity index (χ4v) is 3.75. The third-order valence-corrected chi connectivity index (χ3v) is 4.97. The molecule has 3 N–H and O–H groups in total. The van der Waals surface area contributed by atoms with Gasteiger partial charge in [-0.3, -0.25) is 19.1 Å². The first kappa shape index (κ1) is 22.3. The number of carbonyl (C=O) groups excluding carboxylic acids is 1. The number of rotatable bonds is 6. The summed E-state index contributed by atoms with van der Waals surface area (Å²) < 4.78 is 15.1. The molecule has 3 aromatic rings. The van der Waals surface area contributed by atoms with E-state index in [1.165, 1.54) is 10.6 Å². The summed E-state index contributed by atoms with van der Waals surface area (Å²) in [7, 11) is 0. The lowest BCUT2D eigenvalue weighted by Crippen LogP contribution is -2.38. The number of benzene rings is 1. The molecule has 2 heterocycles. The number of ketones is 1. The summed E-state index contributed by atoms with van der Waals surface area (Å²) >= 11 is 0. The van der Waals surface area contributed by atoms with Crippen LogP contribution in [0, 0.1) is 19.8 Å². The standard InChI is InChI=1S/C23H25FN4O3/c1-12(2)19-20(21(29)16-6-13(3)5-14(4)7-16)28(23(31)27-22(19)30)11-15-8-17(10-25)26-18(24)9-15/h5-9,12H,10-11,25H2,1-4H3,(H,27,30,31). The number of nitrogens with two attached hydrogens (primary N) is 1. The summed E-state index contributed by atoms with van der Waals surface area (Å²) in [4.78, 5) is 44.9. The highest BCUT2D eigenvalue weighted by atomic mass is 19.1. The number of halogens is 1. The van der Waals surface area contributed by atoms with Crippen molar-refractivity contribution in [2.24, 2.45) is 5.73 Å². The Labute approximate surface area is 178 Å². The zero-order chi connectivity index (χ0) is 22.9. The van der Waals surface area contributed by atoms with Crippen LogP contribution in [0.15, 0.2) is 39.9 Å². The van der Waals surface area contributed by atoms with Gasteiger partial charge in [0.1, 0.15) is 5.69 Å². The van der Waals surface area contributed by atoms with Gasteiger partial charge < -0.3 is 5.73 Å². The number of carbonyl (C=O) groups is 1. The molecular formula is C23H25FN4O3. The molecular weight excluding hydrogens is 399 g/mol. The zero-order valence-electron chi connectivity index (χ0n) is 18.0. The maximum Gasteiger partial charge on any atom is 0.329 e. The molecule has 0 aliphatic rings. The second-order valence-corrected chi connectivity index (χ2v) is 7.96. The molecule has 3 rings (SSSR count). The maximum absolute atomic E-state index is 13.9. The molecule has 8 heteroatoms. The summed E-state index contributed by atoms with van der Waals surface area (Å²) in [6, 6.07) is 8.11. The first-order valence-electron chi connectivity index (χ1n) is 9.96. The molecule has 162 valence electrons. The fourth-order valence-electron chi connectivity index (χ4n) is 3.75. The highest BCUT2D eigenvalue weighted by Crippen LogP contribution is 2.21. The first-order valence-corrected chi connectivity index (χ1v) is 9.96. The first-order chi connectivity index (χ1) is 14.6. The molecule has 0 saturated carbocycles. The van der Waals surface area contributed by atoms with Gasteiger partial charge in [0.05, 0.1) is 12.2 Å². The zero-order valence-corrected chi connectivity index (χ0v) is 18.0. The molecule has 0 aliphatic heterocycles. The monoisotopic (exact) mass is 424 g/mol. The summed E-state index contributed by atoms with van der Waals surface area (Å²) in [6.07, 6.45) is 0. The molecule has 0 spiro atoms. The van der Waals surface area contributed by atoms with E-state index in [-0.39, 0.29) is 30.3 Å². The molecule has 0 radical (unpaired) electrons. The van der Waals surface area contributed by atoms with Gasteiger partial charge in [0.15, 0.2) is 0 Å². The average Bonchev–Trinajstić information content (AvgIpc) is 2.67. The number of pyridine rings is 1. The fraction of sp³-hybridized carbons (Fsp3) is 0.304. The minimum absolute atomic E-state index is 0.000249. The van der Waals surface area contributed by atoms with E-state index < -0.39 is 23.0 Å². The molecule has 0 atom stereocenters. The quantitative estimate of drug-likeness (QED) is 0.467. The lowest BCUT2D eigenvalue weighted by Gasteiger charge is -2.18. The number of nitrogens with one attached hydrogen (secondary N) is 1. The summed E-state index contributed by atoms with van der Waals surface area (Å²) in [5, 5.41) is 0. The van der Waals surface area contributed by atoms with Crippen LogP contribution < -0.4 is 17.0 Å². The van der Waals surface area contributed by atoms with Gasteiger partial charge in [-0.2, -0.15) is 4.39 Å². The second-order valence-electron chi connectivity index (χ2n) is 7.96. The molecule has 0 saturated heterocycles. The van der Waals surface area contributed by atoms with Gasteiger partial charge in [-0.15, -0.1) is 0 Å². The van der Waals surface area contributed by atoms with E-state index >= 15 is 0 Å². The van der Waals surface area contributed by atoms with Crippen molar-refractivity contribution >= 4 is 5.78 Å². The van der Waals surface area contributed by atoms with Crippen molar-refractivity contribution in [1.29, 1.82) is 0 Å². The van der Waals surface area contributed by atoms with Crippen molar-refractivity contribution < 1.29 is 9.18 Å². The van der Waals surface area contributed by atoms with Crippen molar-refractivity contribution in [2.75, 3.05) is 0 Å². The SMILES string of the molecule is Cc1cc(C)cc(C(=O)c2c(C(C)C)c(=O)[nH]c(=O)n2Cc2cc(F)nc(CN)c2)c1. The van der Waals surface area contributed by atoms with Crippen molar-refractivity contribution in [3.8, 4) is 0 Å². The summed E-state index contributed by atoms with van der Waals surface area (Å²) in [5.74, 6) is -1.50. The van der Waals surface area contributed by atoms with E-state index in [9.17, 15) is 18.8 Å². The van der Waals surface area contributed by atoms with Gasteiger partial charge >= 0.3 is 5.69 Å². The van der Waals surface area contributed by atoms with Gasteiger partial charge in [-0.25, -0.2) is 9.78 Å². The summed E-state index contributed by atoms with van der Waals surface area (Å²) in [5.41, 5.74) is 7.31. The van der Waals surface area contributed by atoms with E-state index in [2.05, 4.69) is 9.97 Å². The number of aromatic amines is 1. The predicted octanol–water partition coefficient (Wildman–Crippen LogP) is 2.55. The molecule has 7 nitrogen and oxygen atoms in total. The Morgan fingerprint density at radius 2 is 1.77 bits per heavy atom. The Bertz CT molecular complexity index is 1250. The van der Waals surface area contributed by atoms with Crippen LogP contribution in [0.25, 0.3) is 0 Å². The Hall–Kier alpha value is -3.39. The smallest absolute Gasteiger partial charge is 0.325 e. The second kappa shape index (κ2) is 8.77. The van der Waals surface area contributed by atoms with Crippen LogP contribution in [0.2, 0.25) is 0 Å². The van der Waals surface area contributed by atoms with Crippen LogP contribution in [0.4, 0.5) is 4.39 Å². The van der Waals surface area contributed by atoms with Crippen molar-refractivity contribution in [2.45, 2.75) is 46.7 Å². The normalized spacial score (nSPS) is 11.2. The van der Waals surface area contributed by atoms with E-state index in [1.54, 1.807) is 32.0 Å². The molecule has 0 fully saturated rings. The van der Waals surface area contributed by atoms with Gasteiger partial charge in [0.25, 0.3) is 5.56 Å². The van der Waals surface area contributed by atoms with Crippen LogP contribution in [0.5, 0.6) is 0 Å². The number of H-pyrrole nitrogens is 1. The van der Waals surface area contributed by atoms with Gasteiger partial charge in [0.2, 0.25) is 11.7 Å². The molecule has 2 aromatic heterocycles. The summed E-state index contributed by atoms with van der Waals surface area (Å²) in [6.45, 7) is 7.19. The van der Waals surface area contributed by atoms with E-state index in [0.717, 1.165) is 11.1 Å². The third kappa shape index (κ3) is 4.69. The van der Waals surface area contributed by atoms with E-state index in [1.807, 2.05) is 19.9 Å². The van der Waals surface area contributed by atoms with Crippen molar-refractivity contribution in [3.63, 3.8) is 0 Å². The molecule has 0 bridgehead atoms. The van der Waals surface area contributed by atoms with Crippen molar-refractivity contribution in [1.82, 2.24) is 14.5 Å². The third-order valence-electron chi connectivity index (χ3n) is 4.97. The molecule has 0 aliphatic carbocycles. The Morgan fingerprint density at radius 1 is 1.13 bits per heavy atom. The number of aromatic nitrogens is 3. The lowest BCUT2D eigenvalue weighted by atomic mass is 9.95. The maximum atomic E-state index is 13.9. The van der Waals surface area contributed by atoms with Crippen LogP contribution in [-0.2, 0) is 13.1 Å². The molecule has 0 unspecified atom stereocenters. The van der Waals surface area contributed by atoms with Gasteiger partial charge in [-0.1, -0.05) is 31.0 Å². The predicted molar refractivity (Wildman–Crippen MR) is 116 cm³/mol. The van der Waals surface area contributed by atoms with Crippen LogP contribution in [0.1, 0.15) is 63.8 Å². The van der Waals surface area contributed by atoms with Gasteiger partial charge in [-0.05, 0) is 49.6 Å². The van der Waals surface area contributed by atoms with Crippen LogP contribution >= 0.6 is 0 Å². The van der Waals surface area contributed by atoms with Crippen LogP contribution in [-0.4, -0.2) is 20.3 Å². The highest BCUT2D eigenvalue weighted by molar-refractivity contribution is 6.09. The Balaban J connectivity index is 2.28. The number of nitrogens with zero attached hydrogens (tertiary/aromatic N) is 2.